The summed E-state index contributed by atoms with van der Waals surface area (Å²) in [6, 6.07) is 4.69. The molecule has 0 aliphatic rings. The zero-order chi connectivity index (χ0) is 19.9. The molecule has 0 fully saturated rings. The predicted molar refractivity (Wildman–Crippen MR) is 98.7 cm³/mol. The molecule has 0 bridgehead atoms. The molecule has 12 heteroatoms. The number of ether oxygens (including phenoxy) is 1. The molecule has 6 nitrogen and oxygen atoms in total. The monoisotopic (exact) mass is 442 g/mol. The van der Waals surface area contributed by atoms with E-state index in [4.69, 9.17) is 13.8 Å². The van der Waals surface area contributed by atoms with Crippen molar-refractivity contribution in [3.05, 3.63) is 41.3 Å². The van der Waals surface area contributed by atoms with E-state index in [2.05, 4.69) is 10.1 Å². The van der Waals surface area contributed by atoms with Crippen LogP contribution in [0.5, 0.6) is 6.01 Å². The zero-order valence-corrected chi connectivity index (χ0v) is 17.1. The van der Waals surface area contributed by atoms with Crippen molar-refractivity contribution in [3.63, 3.8) is 0 Å². The predicted octanol–water partition coefficient (Wildman–Crippen LogP) is 5.80. The van der Waals surface area contributed by atoms with Crippen LogP contribution in [0.3, 0.4) is 0 Å². The lowest BCUT2D eigenvalue weighted by Crippen LogP contribution is -2.06. The van der Waals surface area contributed by atoms with Crippen LogP contribution >= 0.6 is 28.5 Å². The lowest BCUT2D eigenvalue weighted by atomic mass is 10.1. The van der Waals surface area contributed by atoms with Crippen molar-refractivity contribution in [2.24, 2.45) is 0 Å². The van der Waals surface area contributed by atoms with Crippen molar-refractivity contribution in [3.8, 4) is 6.01 Å². The molecule has 0 N–H and O–H groups in total. The van der Waals surface area contributed by atoms with Crippen LogP contribution in [0.15, 0.2) is 28.8 Å². The third-order valence-electron chi connectivity index (χ3n) is 2.99. The van der Waals surface area contributed by atoms with Gasteiger partial charge in [-0.3, -0.25) is 4.57 Å². The fraction of sp³-hybridized carbons (Fsp3) is 0.467. The minimum atomic E-state index is -4.42. The maximum Gasteiger partial charge on any atom is 0.416 e. The number of halogens is 3. The first-order valence-corrected chi connectivity index (χ1v) is 12.7. The minimum absolute atomic E-state index is 0.0996. The van der Waals surface area contributed by atoms with Crippen molar-refractivity contribution in [1.82, 2.24) is 10.1 Å². The quantitative estimate of drug-likeness (QED) is 0.428. The van der Waals surface area contributed by atoms with Crippen LogP contribution in [0.25, 0.3) is 0 Å². The highest BCUT2D eigenvalue weighted by Crippen LogP contribution is 2.70. The Morgan fingerprint density at radius 2 is 2.04 bits per heavy atom. The van der Waals surface area contributed by atoms with Gasteiger partial charge in [0.1, 0.15) is 6.61 Å². The van der Waals surface area contributed by atoms with Gasteiger partial charge in [0.25, 0.3) is 0 Å². The molecule has 150 valence electrons. The fourth-order valence-corrected chi connectivity index (χ4v) is 8.30. The SMILES string of the molecule is CCOP(=O)(SCC)SCc1nc(OCc2cccc(C(F)(F)F)c2)no1. The van der Waals surface area contributed by atoms with Crippen LogP contribution in [-0.4, -0.2) is 22.5 Å². The Balaban J connectivity index is 1.92. The molecule has 0 spiro atoms. The third kappa shape index (κ3) is 7.06. The van der Waals surface area contributed by atoms with Gasteiger partial charge in [0.2, 0.25) is 5.89 Å². The Morgan fingerprint density at radius 3 is 2.70 bits per heavy atom. The van der Waals surface area contributed by atoms with E-state index in [9.17, 15) is 17.7 Å². The molecule has 0 aliphatic heterocycles. The number of hydrogen-bond donors (Lipinski definition) is 0. The first-order valence-electron chi connectivity index (χ1n) is 7.91. The Bertz CT molecular complexity index is 778. The molecule has 0 saturated heterocycles. The van der Waals surface area contributed by atoms with Gasteiger partial charge in [0, 0.05) is 5.75 Å². The van der Waals surface area contributed by atoms with Gasteiger partial charge in [-0.2, -0.15) is 18.2 Å². The summed E-state index contributed by atoms with van der Waals surface area (Å²) in [6.07, 6.45) is -4.42. The maximum absolute atomic E-state index is 12.7. The Morgan fingerprint density at radius 1 is 1.26 bits per heavy atom. The summed E-state index contributed by atoms with van der Waals surface area (Å²) in [6.45, 7) is 3.82. The summed E-state index contributed by atoms with van der Waals surface area (Å²) in [5.41, 5.74) is -0.431. The van der Waals surface area contributed by atoms with Gasteiger partial charge in [-0.15, -0.1) is 0 Å². The van der Waals surface area contributed by atoms with Crippen molar-refractivity contribution < 1.29 is 31.5 Å². The Kier molecular flexibility index (Phi) is 8.08. The number of aromatic nitrogens is 2. The normalized spacial score (nSPS) is 14.1. The molecule has 0 radical (unpaired) electrons. The van der Waals surface area contributed by atoms with E-state index < -0.39 is 17.5 Å². The molecule has 1 heterocycles. The zero-order valence-electron chi connectivity index (χ0n) is 14.6. The molecule has 2 aromatic rings. The van der Waals surface area contributed by atoms with E-state index in [1.165, 1.54) is 23.5 Å². The van der Waals surface area contributed by atoms with Crippen molar-refractivity contribution in [1.29, 1.82) is 0 Å². The Labute approximate surface area is 162 Å². The highest BCUT2D eigenvalue weighted by atomic mass is 33.1. The van der Waals surface area contributed by atoms with Crippen LogP contribution in [0.4, 0.5) is 13.2 Å². The molecule has 1 unspecified atom stereocenters. The van der Waals surface area contributed by atoms with E-state index in [-0.39, 0.29) is 24.3 Å². The van der Waals surface area contributed by atoms with Gasteiger partial charge in [-0.1, -0.05) is 30.4 Å². The summed E-state index contributed by atoms with van der Waals surface area (Å²) >= 11 is 2.30. The standard InChI is InChI=1S/C15H18F3N2O4PS2/c1-3-23-25(21,26-4-2)27-10-13-19-14(20-24-13)22-9-11-6-5-7-12(8-11)15(16,17)18/h5-8H,3-4,9-10H2,1-2H3. The number of alkyl halides is 3. The smallest absolute Gasteiger partial charge is 0.416 e. The molecule has 0 amide bonds. The number of benzene rings is 1. The summed E-state index contributed by atoms with van der Waals surface area (Å²) in [5.74, 6) is -1.90. The minimum Gasteiger partial charge on any atom is -0.457 e. The second kappa shape index (κ2) is 9.86. The van der Waals surface area contributed by atoms with E-state index >= 15 is 0 Å². The molecule has 1 aromatic carbocycles. The second-order valence-corrected chi connectivity index (χ2v) is 12.7. The molecule has 1 aromatic heterocycles. The fourth-order valence-electron chi connectivity index (χ4n) is 1.90. The molecule has 0 aliphatic carbocycles. The van der Waals surface area contributed by atoms with Gasteiger partial charge in [0.05, 0.1) is 17.9 Å². The van der Waals surface area contributed by atoms with Crippen LogP contribution in [-0.2, 0) is 27.6 Å². The van der Waals surface area contributed by atoms with Gasteiger partial charge >= 0.3 is 18.0 Å². The van der Waals surface area contributed by atoms with Crippen LogP contribution in [0.2, 0.25) is 0 Å². The van der Waals surface area contributed by atoms with E-state index in [0.717, 1.165) is 23.5 Å². The third-order valence-corrected chi connectivity index (χ3v) is 10.4. The summed E-state index contributed by atoms with van der Waals surface area (Å²) in [7, 11) is 0. The number of nitrogens with zero attached hydrogens (tertiary/aromatic N) is 2. The van der Waals surface area contributed by atoms with Crippen LogP contribution in [0, 0.1) is 0 Å². The summed E-state index contributed by atoms with van der Waals surface area (Å²) in [5, 5.41) is 3.61. The molecule has 2 rings (SSSR count). The van der Waals surface area contributed by atoms with Crippen molar-refractivity contribution >= 4 is 28.5 Å². The molecule has 27 heavy (non-hydrogen) atoms. The van der Waals surface area contributed by atoms with E-state index in [1.54, 1.807) is 6.92 Å². The van der Waals surface area contributed by atoms with Gasteiger partial charge in [-0.25, -0.2) is 0 Å². The average Bonchev–Trinajstić information content (AvgIpc) is 3.06. The van der Waals surface area contributed by atoms with Crippen LogP contribution in [0.1, 0.15) is 30.9 Å². The summed E-state index contributed by atoms with van der Waals surface area (Å²) in [4.78, 5) is 3.99. The van der Waals surface area contributed by atoms with Crippen molar-refractivity contribution in [2.75, 3.05) is 12.4 Å². The highest BCUT2D eigenvalue weighted by Gasteiger charge is 2.30. The Hall–Kier alpha value is -1.16. The number of hydrogen-bond acceptors (Lipinski definition) is 8. The summed E-state index contributed by atoms with van der Waals surface area (Å²) < 4.78 is 66.2. The first-order chi connectivity index (χ1) is 12.8. The van der Waals surface area contributed by atoms with Gasteiger partial charge in [0.15, 0.2) is 0 Å². The second-order valence-electron chi connectivity index (χ2n) is 5.01. The van der Waals surface area contributed by atoms with Gasteiger partial charge < -0.3 is 13.8 Å². The molecular formula is C15H18F3N2O4PS2. The maximum atomic E-state index is 12.7. The van der Waals surface area contributed by atoms with Gasteiger partial charge in [-0.05, 0) is 41.2 Å². The lowest BCUT2D eigenvalue weighted by molar-refractivity contribution is -0.137. The lowest BCUT2D eigenvalue weighted by Gasteiger charge is -2.13. The molecule has 1 atom stereocenters. The highest BCUT2D eigenvalue weighted by molar-refractivity contribution is 8.89. The van der Waals surface area contributed by atoms with Crippen LogP contribution < -0.4 is 4.74 Å². The topological polar surface area (TPSA) is 74.5 Å². The molecule has 0 saturated carbocycles. The number of rotatable bonds is 10. The first kappa shape index (κ1) is 22.1. The van der Waals surface area contributed by atoms with E-state index in [0.29, 0.717) is 17.9 Å². The molecular weight excluding hydrogens is 424 g/mol. The van der Waals surface area contributed by atoms with Crippen molar-refractivity contribution in [2.45, 2.75) is 32.4 Å². The van der Waals surface area contributed by atoms with E-state index in [1.807, 2.05) is 6.92 Å². The largest absolute Gasteiger partial charge is 0.457 e. The average molecular weight is 442 g/mol.